The number of rotatable bonds is 9. The lowest BCUT2D eigenvalue weighted by Gasteiger charge is -2.15. The van der Waals surface area contributed by atoms with Gasteiger partial charge in [-0.2, -0.15) is 4.98 Å². The second kappa shape index (κ2) is 9.01. The van der Waals surface area contributed by atoms with Crippen LogP contribution in [0.2, 0.25) is 0 Å². The zero-order chi connectivity index (χ0) is 22.8. The van der Waals surface area contributed by atoms with E-state index >= 15 is 0 Å². The fourth-order valence-corrected chi connectivity index (χ4v) is 3.93. The largest absolute Gasteiger partial charge is 0.496 e. The van der Waals surface area contributed by atoms with Gasteiger partial charge in [-0.15, -0.1) is 0 Å². The first-order chi connectivity index (χ1) is 14.7. The van der Waals surface area contributed by atoms with Crippen LogP contribution >= 0.6 is 0 Å². The SMILES string of the molecule is CCCn1c(C)c(C)c2nc(NS(C)(=O)=O)nc(OCc3c(OC)cccc3OC)c21. The van der Waals surface area contributed by atoms with E-state index in [1.54, 1.807) is 14.2 Å². The summed E-state index contributed by atoms with van der Waals surface area (Å²) >= 11 is 0. The fraction of sp³-hybridized carbons (Fsp3) is 0.429. The molecule has 0 bridgehead atoms. The third-order valence-corrected chi connectivity index (χ3v) is 5.59. The Morgan fingerprint density at radius 3 is 2.29 bits per heavy atom. The summed E-state index contributed by atoms with van der Waals surface area (Å²) in [7, 11) is -0.399. The summed E-state index contributed by atoms with van der Waals surface area (Å²) < 4.78 is 45.1. The molecule has 9 nitrogen and oxygen atoms in total. The number of aromatic nitrogens is 3. The second-order valence-electron chi connectivity index (χ2n) is 7.22. The number of anilines is 1. The maximum atomic E-state index is 11.8. The van der Waals surface area contributed by atoms with Crippen molar-refractivity contribution >= 4 is 27.0 Å². The summed E-state index contributed by atoms with van der Waals surface area (Å²) in [5.74, 6) is 1.49. The van der Waals surface area contributed by atoms with Gasteiger partial charge >= 0.3 is 0 Å². The van der Waals surface area contributed by atoms with Crippen molar-refractivity contribution in [2.24, 2.45) is 0 Å². The Bertz CT molecular complexity index is 1180. The van der Waals surface area contributed by atoms with Crippen molar-refractivity contribution in [1.82, 2.24) is 14.5 Å². The maximum Gasteiger partial charge on any atom is 0.243 e. The Balaban J connectivity index is 2.15. The van der Waals surface area contributed by atoms with Gasteiger partial charge in [0, 0.05) is 12.2 Å². The van der Waals surface area contributed by atoms with Gasteiger partial charge in [0.1, 0.15) is 29.1 Å². The van der Waals surface area contributed by atoms with Crippen LogP contribution < -0.4 is 18.9 Å². The normalized spacial score (nSPS) is 11.5. The van der Waals surface area contributed by atoms with Crippen molar-refractivity contribution in [2.75, 3.05) is 25.2 Å². The molecule has 0 atom stereocenters. The molecule has 31 heavy (non-hydrogen) atoms. The first kappa shape index (κ1) is 22.7. The van der Waals surface area contributed by atoms with E-state index in [1.807, 2.05) is 32.0 Å². The van der Waals surface area contributed by atoms with Crippen LogP contribution in [0.4, 0.5) is 5.95 Å². The molecule has 0 saturated carbocycles. The molecule has 2 aromatic heterocycles. The van der Waals surface area contributed by atoms with Crippen LogP contribution in [-0.2, 0) is 23.2 Å². The minimum atomic E-state index is -3.55. The van der Waals surface area contributed by atoms with Crippen LogP contribution in [0.5, 0.6) is 17.4 Å². The van der Waals surface area contributed by atoms with E-state index in [9.17, 15) is 8.42 Å². The van der Waals surface area contributed by atoms with Gasteiger partial charge in [-0.1, -0.05) is 13.0 Å². The second-order valence-corrected chi connectivity index (χ2v) is 8.96. The van der Waals surface area contributed by atoms with Gasteiger partial charge < -0.3 is 18.8 Å². The number of methoxy groups -OCH3 is 2. The van der Waals surface area contributed by atoms with Crippen LogP contribution in [0.25, 0.3) is 11.0 Å². The van der Waals surface area contributed by atoms with Crippen LogP contribution in [-0.4, -0.2) is 43.4 Å². The Labute approximate surface area is 182 Å². The number of hydrogen-bond acceptors (Lipinski definition) is 7. The molecule has 3 aromatic rings. The summed E-state index contributed by atoms with van der Waals surface area (Å²) in [4.78, 5) is 8.84. The van der Waals surface area contributed by atoms with Gasteiger partial charge in [0.05, 0.1) is 26.0 Å². The maximum absolute atomic E-state index is 11.8. The number of fused-ring (bicyclic) bond motifs is 1. The minimum Gasteiger partial charge on any atom is -0.496 e. The third kappa shape index (κ3) is 4.68. The van der Waals surface area contributed by atoms with Crippen molar-refractivity contribution in [1.29, 1.82) is 0 Å². The lowest BCUT2D eigenvalue weighted by molar-refractivity contribution is 0.279. The molecule has 168 valence electrons. The number of nitrogens with zero attached hydrogens (tertiary/aromatic N) is 3. The van der Waals surface area contributed by atoms with E-state index in [1.165, 1.54) is 0 Å². The monoisotopic (exact) mass is 448 g/mol. The van der Waals surface area contributed by atoms with Crippen LogP contribution in [0.15, 0.2) is 18.2 Å². The van der Waals surface area contributed by atoms with Crippen molar-refractivity contribution in [3.05, 3.63) is 35.0 Å². The summed E-state index contributed by atoms with van der Waals surface area (Å²) in [5.41, 5.74) is 4.07. The first-order valence-electron chi connectivity index (χ1n) is 9.88. The molecule has 0 amide bonds. The molecule has 0 spiro atoms. The van der Waals surface area contributed by atoms with E-state index in [0.29, 0.717) is 17.0 Å². The molecule has 2 heterocycles. The molecule has 1 aromatic carbocycles. The lowest BCUT2D eigenvalue weighted by Crippen LogP contribution is -2.13. The van der Waals surface area contributed by atoms with Gasteiger partial charge in [-0.05, 0) is 38.0 Å². The molecule has 10 heteroatoms. The molecule has 1 N–H and O–H groups in total. The standard InChI is InChI=1S/C21H28N4O5S/c1-7-11-25-14(3)13(2)18-19(25)20(23-21(22-18)24-31(6,26)27)30-12-15-16(28-4)9-8-10-17(15)29-5/h8-10H,7,11-12H2,1-6H3,(H,22,23,24). The summed E-state index contributed by atoms with van der Waals surface area (Å²) in [5, 5.41) is 0. The van der Waals surface area contributed by atoms with Crippen LogP contribution in [0.1, 0.15) is 30.2 Å². The van der Waals surface area contributed by atoms with Crippen LogP contribution in [0.3, 0.4) is 0 Å². The Morgan fingerprint density at radius 2 is 1.74 bits per heavy atom. The van der Waals surface area contributed by atoms with Gasteiger partial charge in [-0.3, -0.25) is 4.72 Å². The van der Waals surface area contributed by atoms with Gasteiger partial charge in [0.2, 0.25) is 21.9 Å². The fourth-order valence-electron chi connectivity index (χ4n) is 3.51. The van der Waals surface area contributed by atoms with Crippen molar-refractivity contribution in [3.63, 3.8) is 0 Å². The number of ether oxygens (including phenoxy) is 3. The number of hydrogen-bond donors (Lipinski definition) is 1. The Hall–Kier alpha value is -3.01. The van der Waals surface area contributed by atoms with Gasteiger partial charge in [0.25, 0.3) is 0 Å². The number of aryl methyl sites for hydroxylation is 2. The minimum absolute atomic E-state index is 0.0336. The van der Waals surface area contributed by atoms with E-state index in [-0.39, 0.29) is 18.4 Å². The smallest absolute Gasteiger partial charge is 0.243 e. The molecule has 3 rings (SSSR count). The van der Waals surface area contributed by atoms with Gasteiger partial charge in [-0.25, -0.2) is 13.4 Å². The average molecular weight is 449 g/mol. The summed E-state index contributed by atoms with van der Waals surface area (Å²) in [6.45, 7) is 6.92. The number of nitrogens with one attached hydrogen (secondary N) is 1. The Morgan fingerprint density at radius 1 is 1.10 bits per heavy atom. The van der Waals surface area contributed by atoms with Crippen molar-refractivity contribution in [3.8, 4) is 17.4 Å². The highest BCUT2D eigenvalue weighted by Crippen LogP contribution is 2.34. The van der Waals surface area contributed by atoms with E-state index in [2.05, 4.69) is 26.2 Å². The summed E-state index contributed by atoms with van der Waals surface area (Å²) in [6, 6.07) is 5.47. The topological polar surface area (TPSA) is 105 Å². The third-order valence-electron chi connectivity index (χ3n) is 5.03. The average Bonchev–Trinajstić information content (AvgIpc) is 2.95. The molecule has 0 aliphatic heterocycles. The molecule has 0 unspecified atom stereocenters. The molecule has 0 saturated heterocycles. The summed E-state index contributed by atoms with van der Waals surface area (Å²) in [6.07, 6.45) is 1.97. The zero-order valence-electron chi connectivity index (χ0n) is 18.6. The van der Waals surface area contributed by atoms with E-state index in [4.69, 9.17) is 14.2 Å². The molecule has 0 aliphatic rings. The predicted octanol–water partition coefficient (Wildman–Crippen LogP) is 3.43. The van der Waals surface area contributed by atoms with Crippen LogP contribution in [0, 0.1) is 13.8 Å². The van der Waals surface area contributed by atoms with E-state index in [0.717, 1.165) is 41.6 Å². The Kier molecular flexibility index (Phi) is 6.59. The highest BCUT2D eigenvalue weighted by atomic mass is 32.2. The molecule has 0 fully saturated rings. The van der Waals surface area contributed by atoms with Crippen molar-refractivity contribution < 1.29 is 22.6 Å². The van der Waals surface area contributed by atoms with Gasteiger partial charge in [0.15, 0.2) is 0 Å². The number of sulfonamides is 1. The quantitative estimate of drug-likeness (QED) is 0.535. The zero-order valence-corrected chi connectivity index (χ0v) is 19.5. The van der Waals surface area contributed by atoms with Crippen molar-refractivity contribution in [2.45, 2.75) is 40.3 Å². The lowest BCUT2D eigenvalue weighted by atomic mass is 10.2. The highest BCUT2D eigenvalue weighted by Gasteiger charge is 2.21. The van der Waals surface area contributed by atoms with E-state index < -0.39 is 10.0 Å². The first-order valence-corrected chi connectivity index (χ1v) is 11.8. The molecular weight excluding hydrogens is 420 g/mol. The predicted molar refractivity (Wildman–Crippen MR) is 120 cm³/mol. The highest BCUT2D eigenvalue weighted by molar-refractivity contribution is 7.91. The molecule has 0 radical (unpaired) electrons. The molecular formula is C21H28N4O5S. The number of benzene rings is 1. The molecule has 0 aliphatic carbocycles.